The lowest BCUT2D eigenvalue weighted by Crippen LogP contribution is -2.26. The summed E-state index contributed by atoms with van der Waals surface area (Å²) in [6.45, 7) is 0. The predicted molar refractivity (Wildman–Crippen MR) is 293 cm³/mol. The maximum absolute atomic E-state index is 5.28. The largest absolute Gasteiger partial charge is 0.208 e. The first kappa shape index (κ1) is 42.1. The normalized spacial score (nSPS) is 12.5. The van der Waals surface area contributed by atoms with E-state index in [0.717, 1.165) is 66.8 Å². The highest BCUT2D eigenvalue weighted by Gasteiger charge is 2.52. The summed E-state index contributed by atoms with van der Waals surface area (Å²) in [6, 6.07) is 89.4. The highest BCUT2D eigenvalue weighted by Crippen LogP contribution is 2.63. The van der Waals surface area contributed by atoms with Gasteiger partial charge in [-0.05, 0) is 78.9 Å². The molecule has 14 rings (SSSR count). The van der Waals surface area contributed by atoms with Crippen LogP contribution in [0.4, 0.5) is 0 Å². The molecule has 2 heterocycles. The second-order valence-electron chi connectivity index (χ2n) is 18.6. The van der Waals surface area contributed by atoms with Gasteiger partial charge in [0.05, 0.1) is 5.41 Å². The van der Waals surface area contributed by atoms with Gasteiger partial charge in [-0.3, -0.25) is 0 Å². The molecule has 0 atom stereocenters. The zero-order valence-corrected chi connectivity index (χ0v) is 39.4. The summed E-state index contributed by atoms with van der Waals surface area (Å²) in [6.07, 6.45) is 0. The molecule has 0 aliphatic heterocycles. The van der Waals surface area contributed by atoms with Gasteiger partial charge in [-0.15, -0.1) is 0 Å². The molecule has 0 fully saturated rings. The molecule has 1 spiro atoms. The van der Waals surface area contributed by atoms with Crippen LogP contribution in [0.5, 0.6) is 0 Å². The summed E-state index contributed by atoms with van der Waals surface area (Å²) >= 11 is 0. The molecule has 2 aliphatic carbocycles. The number of nitrogens with zero attached hydrogens (tertiary/aromatic N) is 6. The quantitative estimate of drug-likeness (QED) is 0.151. The van der Waals surface area contributed by atoms with Crippen LogP contribution < -0.4 is 0 Å². The Morgan fingerprint density at radius 3 is 0.767 bits per heavy atom. The van der Waals surface area contributed by atoms with Crippen LogP contribution >= 0.6 is 0 Å². The van der Waals surface area contributed by atoms with E-state index < -0.39 is 5.41 Å². The zero-order chi connectivity index (χ0) is 48.3. The van der Waals surface area contributed by atoms with Crippen LogP contribution in [-0.4, -0.2) is 29.9 Å². The second kappa shape index (κ2) is 17.3. The third-order valence-corrected chi connectivity index (χ3v) is 14.4. The first-order chi connectivity index (χ1) is 36.2. The minimum absolute atomic E-state index is 0.605. The first-order valence-electron chi connectivity index (χ1n) is 24.6. The average Bonchev–Trinajstić information content (AvgIpc) is 3.95. The third-order valence-electron chi connectivity index (χ3n) is 14.4. The van der Waals surface area contributed by atoms with E-state index >= 15 is 0 Å². The van der Waals surface area contributed by atoms with Gasteiger partial charge < -0.3 is 0 Å². The minimum Gasteiger partial charge on any atom is -0.208 e. The van der Waals surface area contributed by atoms with Crippen LogP contribution in [-0.2, 0) is 5.41 Å². The van der Waals surface area contributed by atoms with Gasteiger partial charge in [0.1, 0.15) is 0 Å². The monoisotopic (exact) mass is 930 g/mol. The highest BCUT2D eigenvalue weighted by atomic mass is 15.0. The summed E-state index contributed by atoms with van der Waals surface area (Å²) in [4.78, 5) is 31.2. The lowest BCUT2D eigenvalue weighted by Gasteiger charge is -2.31. The van der Waals surface area contributed by atoms with Gasteiger partial charge in [-0.25, -0.2) is 29.9 Å². The van der Waals surface area contributed by atoms with Crippen molar-refractivity contribution < 1.29 is 0 Å². The second-order valence-corrected chi connectivity index (χ2v) is 18.6. The van der Waals surface area contributed by atoms with Gasteiger partial charge >= 0.3 is 0 Å². The van der Waals surface area contributed by atoms with Crippen molar-refractivity contribution in [3.05, 3.63) is 277 Å². The fourth-order valence-electron chi connectivity index (χ4n) is 11.0. The molecule has 0 saturated heterocycles. The van der Waals surface area contributed by atoms with E-state index in [1.54, 1.807) is 0 Å². The molecule has 6 nitrogen and oxygen atoms in total. The standard InChI is InChI=1S/C67H42N6/c1-5-17-43(18-6-1)45-29-33-49(34-30-45)63-68-61(47-21-9-3-10-22-47)70-65(72-63)51-37-39-55-56-40-38-52(42-60(56)67(59(55)41-51)57-27-15-13-25-53(57)54-26-14-16-28-58(54)67)66-71-62(48-23-11-4-12-24-48)69-64(73-66)50-35-31-46(32-36-50)44-19-7-2-8-20-44/h1-42H. The maximum Gasteiger partial charge on any atom is 0.164 e. The summed E-state index contributed by atoms with van der Waals surface area (Å²) in [5.74, 6) is 3.67. The summed E-state index contributed by atoms with van der Waals surface area (Å²) in [7, 11) is 0. The fraction of sp³-hybridized carbons (Fsp3) is 0.0149. The lowest BCUT2D eigenvalue weighted by atomic mass is 9.70. The van der Waals surface area contributed by atoms with E-state index in [0.29, 0.717) is 34.9 Å². The average molecular weight is 931 g/mol. The van der Waals surface area contributed by atoms with Gasteiger partial charge in [0.2, 0.25) is 0 Å². The van der Waals surface area contributed by atoms with Crippen molar-refractivity contribution in [1.82, 2.24) is 29.9 Å². The topological polar surface area (TPSA) is 77.3 Å². The van der Waals surface area contributed by atoms with Crippen molar-refractivity contribution in [3.63, 3.8) is 0 Å². The molecule has 73 heavy (non-hydrogen) atoms. The van der Waals surface area contributed by atoms with E-state index in [9.17, 15) is 0 Å². The van der Waals surface area contributed by atoms with E-state index in [1.807, 2.05) is 48.5 Å². The molecule has 12 aromatic rings. The minimum atomic E-state index is -0.680. The van der Waals surface area contributed by atoms with Crippen LogP contribution in [0.25, 0.3) is 113 Å². The van der Waals surface area contributed by atoms with Gasteiger partial charge in [-0.1, -0.05) is 243 Å². The molecule has 2 aliphatic rings. The first-order valence-corrected chi connectivity index (χ1v) is 24.6. The zero-order valence-electron chi connectivity index (χ0n) is 39.4. The van der Waals surface area contributed by atoms with Crippen LogP contribution in [0, 0.1) is 0 Å². The Balaban J connectivity index is 0.944. The lowest BCUT2D eigenvalue weighted by molar-refractivity contribution is 0.794. The van der Waals surface area contributed by atoms with E-state index in [-0.39, 0.29) is 0 Å². The molecule has 0 unspecified atom stereocenters. The molecule has 2 aromatic heterocycles. The Morgan fingerprint density at radius 1 is 0.178 bits per heavy atom. The fourth-order valence-corrected chi connectivity index (χ4v) is 11.0. The number of rotatable bonds is 8. The summed E-state index contributed by atoms with van der Waals surface area (Å²) in [5.41, 5.74) is 18.9. The Labute approximate surface area is 423 Å². The van der Waals surface area contributed by atoms with Gasteiger partial charge in [0.15, 0.2) is 34.9 Å². The number of hydrogen-bond acceptors (Lipinski definition) is 6. The van der Waals surface area contributed by atoms with E-state index in [1.165, 1.54) is 33.4 Å². The Bertz CT molecular complexity index is 3780. The molecule has 10 aromatic carbocycles. The number of benzene rings is 10. The Morgan fingerprint density at radius 2 is 0.411 bits per heavy atom. The van der Waals surface area contributed by atoms with Crippen molar-refractivity contribution in [1.29, 1.82) is 0 Å². The predicted octanol–water partition coefficient (Wildman–Crippen LogP) is 15.7. The molecule has 6 heteroatoms. The van der Waals surface area contributed by atoms with Gasteiger partial charge in [0.25, 0.3) is 0 Å². The molecule has 340 valence electrons. The Kier molecular flexibility index (Phi) is 9.96. The summed E-state index contributed by atoms with van der Waals surface area (Å²) in [5, 5.41) is 0. The third kappa shape index (κ3) is 7.10. The molecule has 0 radical (unpaired) electrons. The van der Waals surface area contributed by atoms with Crippen molar-refractivity contribution in [3.8, 4) is 113 Å². The number of fused-ring (bicyclic) bond motifs is 10. The number of hydrogen-bond donors (Lipinski definition) is 0. The Hall–Kier alpha value is -9.78. The molecule has 0 bridgehead atoms. The molecule has 0 amide bonds. The van der Waals surface area contributed by atoms with Crippen molar-refractivity contribution in [2.75, 3.05) is 0 Å². The molecule has 0 N–H and O–H groups in total. The summed E-state index contributed by atoms with van der Waals surface area (Å²) < 4.78 is 0. The van der Waals surface area contributed by atoms with Crippen LogP contribution in [0.15, 0.2) is 255 Å². The van der Waals surface area contributed by atoms with Crippen LogP contribution in [0.1, 0.15) is 22.3 Å². The molecule has 0 saturated carbocycles. The van der Waals surface area contributed by atoms with Crippen molar-refractivity contribution in [2.24, 2.45) is 0 Å². The molecular weight excluding hydrogens is 889 g/mol. The SMILES string of the molecule is c1ccc(-c2ccc(-c3nc(-c4ccccc4)nc(-c4ccc5c(c4)C4(c6ccccc6-c6ccccc64)c4cc(-c6nc(-c7ccccc7)nc(-c7ccc(-c8ccccc8)cc7)n6)ccc4-5)n3)cc2)cc1. The van der Waals surface area contributed by atoms with Crippen LogP contribution in [0.2, 0.25) is 0 Å². The highest BCUT2D eigenvalue weighted by molar-refractivity contribution is 5.96. The van der Waals surface area contributed by atoms with E-state index in [2.05, 4.69) is 206 Å². The van der Waals surface area contributed by atoms with Gasteiger partial charge in [-0.2, -0.15) is 0 Å². The van der Waals surface area contributed by atoms with Crippen LogP contribution in [0.3, 0.4) is 0 Å². The van der Waals surface area contributed by atoms with E-state index in [4.69, 9.17) is 29.9 Å². The van der Waals surface area contributed by atoms with Crippen molar-refractivity contribution >= 4 is 0 Å². The van der Waals surface area contributed by atoms with Crippen molar-refractivity contribution in [2.45, 2.75) is 5.41 Å². The van der Waals surface area contributed by atoms with Gasteiger partial charge in [0, 0.05) is 33.4 Å². The number of aromatic nitrogens is 6. The maximum atomic E-state index is 5.28. The molecular formula is C67H42N6. The smallest absolute Gasteiger partial charge is 0.164 e.